The number of nitrogens with zero attached hydrogens (tertiary/aromatic N) is 1. The van der Waals surface area contributed by atoms with Crippen molar-refractivity contribution in [2.75, 3.05) is 30.5 Å². The third-order valence-corrected chi connectivity index (χ3v) is 5.42. The smallest absolute Gasteiger partial charge is 0.418 e. The molecule has 1 saturated carbocycles. The van der Waals surface area contributed by atoms with Crippen molar-refractivity contribution in [1.82, 2.24) is 0 Å². The highest BCUT2D eigenvalue weighted by Crippen LogP contribution is 2.31. The number of anilines is 3. The molecule has 0 radical (unpaired) electrons. The number of ether oxygens (including phenoxy) is 2. The Labute approximate surface area is 180 Å². The second-order valence-corrected chi connectivity index (χ2v) is 7.75. The van der Waals surface area contributed by atoms with E-state index in [2.05, 4.69) is 0 Å². The zero-order chi connectivity index (χ0) is 22.2. The van der Waals surface area contributed by atoms with Crippen LogP contribution >= 0.6 is 0 Å². The van der Waals surface area contributed by atoms with Crippen molar-refractivity contribution in [3.63, 3.8) is 0 Å². The van der Waals surface area contributed by atoms with Gasteiger partial charge in [-0.25, -0.2) is 18.9 Å². The zero-order valence-corrected chi connectivity index (χ0v) is 17.2. The Morgan fingerprint density at radius 1 is 1.00 bits per heavy atom. The maximum atomic E-state index is 13.6. The van der Waals surface area contributed by atoms with Gasteiger partial charge in [-0.2, -0.15) is 0 Å². The fraction of sp³-hybridized carbons (Fsp3) is 0.391. The number of nitrogens with two attached hydrogens (primary N) is 1. The van der Waals surface area contributed by atoms with E-state index in [0.717, 1.165) is 25.7 Å². The van der Waals surface area contributed by atoms with Crippen LogP contribution in [0.1, 0.15) is 25.7 Å². The van der Waals surface area contributed by atoms with Gasteiger partial charge in [0.05, 0.1) is 30.3 Å². The second kappa shape index (κ2) is 10.8. The van der Waals surface area contributed by atoms with E-state index in [9.17, 15) is 14.0 Å². The first-order chi connectivity index (χ1) is 14.9. The van der Waals surface area contributed by atoms with Gasteiger partial charge in [0.25, 0.3) is 0 Å². The van der Waals surface area contributed by atoms with Crippen molar-refractivity contribution in [1.29, 1.82) is 0 Å². The van der Waals surface area contributed by atoms with Crippen molar-refractivity contribution >= 4 is 29.1 Å². The number of benzene rings is 2. The fourth-order valence-corrected chi connectivity index (χ4v) is 3.74. The van der Waals surface area contributed by atoms with Gasteiger partial charge in [-0.1, -0.05) is 18.2 Å². The molecule has 8 heteroatoms. The molecule has 3 rings (SSSR count). The highest BCUT2D eigenvalue weighted by molar-refractivity contribution is 5.96. The van der Waals surface area contributed by atoms with E-state index in [1.165, 1.54) is 23.1 Å². The molecule has 7 nitrogen and oxygen atoms in total. The highest BCUT2D eigenvalue weighted by Gasteiger charge is 2.25. The molecule has 1 fully saturated rings. The molecule has 0 aromatic heterocycles. The van der Waals surface area contributed by atoms with Crippen LogP contribution in [-0.2, 0) is 14.3 Å². The van der Waals surface area contributed by atoms with E-state index >= 15 is 0 Å². The topological polar surface area (TPSA) is 102 Å². The van der Waals surface area contributed by atoms with Crippen molar-refractivity contribution < 1.29 is 28.6 Å². The minimum Gasteiger partial charge on any atom is -0.480 e. The Kier molecular flexibility index (Phi) is 7.83. The molecule has 166 valence electrons. The largest absolute Gasteiger partial charge is 0.480 e. The number of hydrogen-bond donors (Lipinski definition) is 2. The molecule has 3 N–H and O–H groups in total. The Balaban J connectivity index is 1.58. The monoisotopic (exact) mass is 430 g/mol. The van der Waals surface area contributed by atoms with Crippen LogP contribution in [0, 0.1) is 17.7 Å². The van der Waals surface area contributed by atoms with Crippen LogP contribution in [-0.4, -0.2) is 37.0 Å². The maximum absolute atomic E-state index is 13.6. The van der Waals surface area contributed by atoms with Crippen LogP contribution in [0.3, 0.4) is 0 Å². The summed E-state index contributed by atoms with van der Waals surface area (Å²) in [5.74, 6) is -0.953. The van der Waals surface area contributed by atoms with Crippen LogP contribution in [0.15, 0.2) is 48.5 Å². The average Bonchev–Trinajstić information content (AvgIpc) is 2.76. The number of carboxylic acid groups (broad SMARTS) is 1. The summed E-state index contributed by atoms with van der Waals surface area (Å²) in [4.78, 5) is 24.9. The average molecular weight is 430 g/mol. The van der Waals surface area contributed by atoms with Gasteiger partial charge in [0.2, 0.25) is 0 Å². The van der Waals surface area contributed by atoms with Gasteiger partial charge < -0.3 is 20.3 Å². The molecule has 0 spiro atoms. The van der Waals surface area contributed by atoms with Gasteiger partial charge >= 0.3 is 12.1 Å². The third-order valence-electron chi connectivity index (χ3n) is 5.42. The summed E-state index contributed by atoms with van der Waals surface area (Å²) < 4.78 is 24.4. The number of rotatable bonds is 8. The first-order valence-electron chi connectivity index (χ1n) is 10.3. The molecule has 0 atom stereocenters. The zero-order valence-electron chi connectivity index (χ0n) is 17.2. The van der Waals surface area contributed by atoms with Crippen molar-refractivity contribution in [2.24, 2.45) is 11.8 Å². The predicted molar refractivity (Wildman–Crippen MR) is 115 cm³/mol. The van der Waals surface area contributed by atoms with E-state index < -0.39 is 17.9 Å². The van der Waals surface area contributed by atoms with Crippen molar-refractivity contribution in [2.45, 2.75) is 25.7 Å². The summed E-state index contributed by atoms with van der Waals surface area (Å²) >= 11 is 0. The summed E-state index contributed by atoms with van der Waals surface area (Å²) in [6, 6.07) is 13.1. The Bertz CT molecular complexity index is 885. The first-order valence-corrected chi connectivity index (χ1v) is 10.3. The number of halogens is 1. The standard InChI is InChI=1S/C23H27FN2O5/c24-20-11-10-19(12-21(20)25)26(18-4-2-1-3-5-18)23(29)31-14-17-8-6-16(7-9-17)13-30-15-22(27)28/h1-5,10-12,16-17H,6-9,13-15,25H2,(H,27,28)/t16-,17-. The molecule has 1 aliphatic rings. The number of amides is 1. The Morgan fingerprint density at radius 3 is 2.26 bits per heavy atom. The lowest BCUT2D eigenvalue weighted by atomic mass is 9.83. The molecule has 1 aliphatic carbocycles. The van der Waals surface area contributed by atoms with E-state index in [1.54, 1.807) is 24.3 Å². The molecule has 1 amide bonds. The number of carbonyl (C=O) groups is 2. The lowest BCUT2D eigenvalue weighted by Gasteiger charge is -2.29. The van der Waals surface area contributed by atoms with Crippen molar-refractivity contribution in [3.8, 4) is 0 Å². The second-order valence-electron chi connectivity index (χ2n) is 7.75. The molecule has 0 heterocycles. The number of para-hydroxylation sites is 1. The van der Waals surface area contributed by atoms with Gasteiger partial charge in [0.1, 0.15) is 12.4 Å². The van der Waals surface area contributed by atoms with E-state index in [0.29, 0.717) is 23.9 Å². The lowest BCUT2D eigenvalue weighted by Crippen LogP contribution is -2.30. The van der Waals surface area contributed by atoms with Gasteiger partial charge in [-0.15, -0.1) is 0 Å². The summed E-state index contributed by atoms with van der Waals surface area (Å²) in [5, 5.41) is 8.64. The molecule has 2 aromatic rings. The minimum absolute atomic E-state index is 0.0466. The third kappa shape index (κ3) is 6.42. The summed E-state index contributed by atoms with van der Waals surface area (Å²) in [6.45, 7) is 0.439. The SMILES string of the molecule is Nc1cc(N(C(=O)OC[C@H]2CC[C@H](COCC(=O)O)CC2)c2ccccc2)ccc1F. The number of hydrogen-bond acceptors (Lipinski definition) is 5. The minimum atomic E-state index is -0.966. The summed E-state index contributed by atoms with van der Waals surface area (Å²) in [7, 11) is 0. The van der Waals surface area contributed by atoms with E-state index in [1.807, 2.05) is 6.07 Å². The van der Waals surface area contributed by atoms with Gasteiger partial charge in [0, 0.05) is 0 Å². The van der Waals surface area contributed by atoms with Crippen LogP contribution in [0.25, 0.3) is 0 Å². The molecule has 0 saturated heterocycles. The van der Waals surface area contributed by atoms with Gasteiger partial charge in [-0.05, 0) is 67.9 Å². The van der Waals surface area contributed by atoms with E-state index in [-0.39, 0.29) is 24.8 Å². The van der Waals surface area contributed by atoms with Crippen LogP contribution in [0.4, 0.5) is 26.2 Å². The fourth-order valence-electron chi connectivity index (χ4n) is 3.74. The van der Waals surface area contributed by atoms with Gasteiger partial charge in [0.15, 0.2) is 0 Å². The molecule has 31 heavy (non-hydrogen) atoms. The molecule has 0 unspecified atom stereocenters. The van der Waals surface area contributed by atoms with E-state index in [4.69, 9.17) is 20.3 Å². The summed E-state index contributed by atoms with van der Waals surface area (Å²) in [6.07, 6.45) is 3.01. The van der Waals surface area contributed by atoms with Crippen LogP contribution in [0.2, 0.25) is 0 Å². The predicted octanol–water partition coefficient (Wildman–Crippen LogP) is 4.59. The van der Waals surface area contributed by atoms with Crippen LogP contribution < -0.4 is 10.6 Å². The maximum Gasteiger partial charge on any atom is 0.418 e. The number of aliphatic carboxylic acids is 1. The van der Waals surface area contributed by atoms with Gasteiger partial charge in [-0.3, -0.25) is 0 Å². The molecule has 0 bridgehead atoms. The van der Waals surface area contributed by atoms with Crippen molar-refractivity contribution in [3.05, 3.63) is 54.3 Å². The number of carbonyl (C=O) groups excluding carboxylic acids is 1. The quantitative estimate of drug-likeness (QED) is 0.594. The molecule has 2 aromatic carbocycles. The highest BCUT2D eigenvalue weighted by atomic mass is 19.1. The van der Waals surface area contributed by atoms with Crippen LogP contribution in [0.5, 0.6) is 0 Å². The number of nitrogen functional groups attached to an aromatic ring is 1. The normalized spacial score (nSPS) is 18.4. The first kappa shape index (κ1) is 22.6. The summed E-state index contributed by atoms with van der Waals surface area (Å²) in [5.41, 5.74) is 6.67. The Hall–Kier alpha value is -3.13. The number of carboxylic acids is 1. The lowest BCUT2D eigenvalue weighted by molar-refractivity contribution is -0.142. The molecule has 0 aliphatic heterocycles. The molecular weight excluding hydrogens is 403 g/mol. The molecular formula is C23H27FN2O5. The Morgan fingerprint density at radius 2 is 1.65 bits per heavy atom.